The van der Waals surface area contributed by atoms with E-state index in [1.165, 1.54) is 12.8 Å². The maximum absolute atomic E-state index is 6.10. The van der Waals surface area contributed by atoms with Crippen LogP contribution < -0.4 is 5.73 Å². The lowest BCUT2D eigenvalue weighted by Crippen LogP contribution is -2.38. The van der Waals surface area contributed by atoms with Crippen LogP contribution in [0.15, 0.2) is 0 Å². The van der Waals surface area contributed by atoms with Gasteiger partial charge in [-0.2, -0.15) is 0 Å². The Bertz CT molecular complexity index is 136. The van der Waals surface area contributed by atoms with E-state index >= 15 is 0 Å². The highest BCUT2D eigenvalue weighted by molar-refractivity contribution is 4.98. The summed E-state index contributed by atoms with van der Waals surface area (Å²) in [6, 6.07) is 0. The lowest BCUT2D eigenvalue weighted by atomic mass is 9.89. The van der Waals surface area contributed by atoms with Gasteiger partial charge in [-0.3, -0.25) is 0 Å². The van der Waals surface area contributed by atoms with Crippen molar-refractivity contribution >= 4 is 0 Å². The van der Waals surface area contributed by atoms with Crippen molar-refractivity contribution in [3.63, 3.8) is 0 Å². The summed E-state index contributed by atoms with van der Waals surface area (Å²) in [5.74, 6) is 0.683. The number of nitrogens with two attached hydrogens (primary N) is 1. The van der Waals surface area contributed by atoms with Crippen molar-refractivity contribution in [3.8, 4) is 0 Å². The second kappa shape index (κ2) is 1.97. The van der Waals surface area contributed by atoms with E-state index in [9.17, 15) is 0 Å². The molecule has 0 aromatic rings. The van der Waals surface area contributed by atoms with Gasteiger partial charge in [0.25, 0.3) is 0 Å². The summed E-state index contributed by atoms with van der Waals surface area (Å²) in [6.45, 7) is 9.05. The first-order valence-electron chi connectivity index (χ1n) is 4.12. The zero-order valence-corrected chi connectivity index (χ0v) is 7.57. The van der Waals surface area contributed by atoms with Crippen LogP contribution >= 0.6 is 0 Å². The fraction of sp³-hybridized carbons (Fsp3) is 1.00. The highest BCUT2D eigenvalue weighted by Crippen LogP contribution is 2.45. The van der Waals surface area contributed by atoms with Gasteiger partial charge in [-0.1, -0.05) is 20.8 Å². The predicted molar refractivity (Wildman–Crippen MR) is 44.8 cm³/mol. The monoisotopic (exact) mass is 141 g/mol. The minimum absolute atomic E-state index is 0.0868. The Morgan fingerprint density at radius 1 is 1.30 bits per heavy atom. The highest BCUT2D eigenvalue weighted by Gasteiger charge is 2.42. The molecule has 0 spiro atoms. The second-order valence-corrected chi connectivity index (χ2v) is 4.95. The van der Waals surface area contributed by atoms with E-state index in [0.29, 0.717) is 11.3 Å². The van der Waals surface area contributed by atoms with E-state index < -0.39 is 0 Å². The number of rotatable bonds is 0. The number of hydrogen-bond donors (Lipinski definition) is 1. The summed E-state index contributed by atoms with van der Waals surface area (Å²) in [5.41, 5.74) is 6.66. The van der Waals surface area contributed by atoms with Crippen LogP contribution in [0.5, 0.6) is 0 Å². The lowest BCUT2D eigenvalue weighted by molar-refractivity contribution is 0.345. The maximum Gasteiger partial charge on any atom is 0.0156 e. The molecule has 0 bridgehead atoms. The molecule has 1 rings (SSSR count). The van der Waals surface area contributed by atoms with Gasteiger partial charge in [-0.15, -0.1) is 0 Å². The Hall–Kier alpha value is -0.0400. The molecule has 0 radical (unpaired) electrons. The van der Waals surface area contributed by atoms with Gasteiger partial charge in [0, 0.05) is 5.54 Å². The van der Waals surface area contributed by atoms with E-state index in [4.69, 9.17) is 5.73 Å². The Labute approximate surface area is 64.0 Å². The summed E-state index contributed by atoms with van der Waals surface area (Å²) in [7, 11) is 0. The topological polar surface area (TPSA) is 26.0 Å². The van der Waals surface area contributed by atoms with Crippen LogP contribution in [0.3, 0.4) is 0 Å². The van der Waals surface area contributed by atoms with E-state index in [-0.39, 0.29) is 5.54 Å². The summed E-state index contributed by atoms with van der Waals surface area (Å²) in [5, 5.41) is 0. The van der Waals surface area contributed by atoms with Gasteiger partial charge >= 0.3 is 0 Å². The van der Waals surface area contributed by atoms with E-state index in [1.54, 1.807) is 0 Å². The fourth-order valence-corrected chi connectivity index (χ4v) is 2.34. The molecule has 0 amide bonds. The quantitative estimate of drug-likeness (QED) is 0.549. The Morgan fingerprint density at radius 2 is 1.80 bits per heavy atom. The molecule has 10 heavy (non-hydrogen) atoms. The standard InChI is InChI=1S/C9H19N/c1-7-5-8(2,3)6-9(7,4)10/h7H,5-6,10H2,1-4H3/t7-,9+/m0/s1. The van der Waals surface area contributed by atoms with Gasteiger partial charge in [0.15, 0.2) is 0 Å². The smallest absolute Gasteiger partial charge is 0.0156 e. The van der Waals surface area contributed by atoms with Gasteiger partial charge in [-0.25, -0.2) is 0 Å². The van der Waals surface area contributed by atoms with Crippen molar-refractivity contribution < 1.29 is 0 Å². The fourth-order valence-electron chi connectivity index (χ4n) is 2.34. The van der Waals surface area contributed by atoms with Gasteiger partial charge in [-0.05, 0) is 31.1 Å². The third-order valence-electron chi connectivity index (χ3n) is 2.84. The molecule has 0 unspecified atom stereocenters. The first-order chi connectivity index (χ1) is 4.33. The first kappa shape index (κ1) is 8.06. The van der Waals surface area contributed by atoms with E-state index in [0.717, 1.165) is 0 Å². The van der Waals surface area contributed by atoms with Gasteiger partial charge in [0.05, 0.1) is 0 Å². The van der Waals surface area contributed by atoms with Crippen molar-refractivity contribution in [2.45, 2.75) is 46.1 Å². The Kier molecular flexibility index (Phi) is 1.59. The van der Waals surface area contributed by atoms with Crippen LogP contribution in [0, 0.1) is 11.3 Å². The highest BCUT2D eigenvalue weighted by atomic mass is 14.8. The molecule has 2 atom stereocenters. The van der Waals surface area contributed by atoms with Gasteiger partial charge < -0.3 is 5.73 Å². The molecule has 60 valence electrons. The molecule has 0 saturated heterocycles. The summed E-state index contributed by atoms with van der Waals surface area (Å²) >= 11 is 0. The van der Waals surface area contributed by atoms with Gasteiger partial charge in [0.1, 0.15) is 0 Å². The largest absolute Gasteiger partial charge is 0.325 e. The molecule has 1 aliphatic rings. The molecule has 0 aliphatic heterocycles. The van der Waals surface area contributed by atoms with E-state index in [2.05, 4.69) is 27.7 Å². The normalized spacial score (nSPS) is 45.9. The first-order valence-corrected chi connectivity index (χ1v) is 4.12. The van der Waals surface area contributed by atoms with Crippen LogP contribution in [0.1, 0.15) is 40.5 Å². The molecule has 1 aliphatic carbocycles. The molecule has 1 nitrogen and oxygen atoms in total. The van der Waals surface area contributed by atoms with Crippen molar-refractivity contribution in [2.24, 2.45) is 17.1 Å². The molecule has 1 fully saturated rings. The molecule has 0 heterocycles. The molecular weight excluding hydrogens is 122 g/mol. The van der Waals surface area contributed by atoms with Crippen molar-refractivity contribution in [2.75, 3.05) is 0 Å². The van der Waals surface area contributed by atoms with Gasteiger partial charge in [0.2, 0.25) is 0 Å². The molecular formula is C9H19N. The summed E-state index contributed by atoms with van der Waals surface area (Å²) in [6.07, 6.45) is 2.45. The lowest BCUT2D eigenvalue weighted by Gasteiger charge is -2.24. The summed E-state index contributed by atoms with van der Waals surface area (Å²) < 4.78 is 0. The van der Waals surface area contributed by atoms with Crippen LogP contribution in [0.2, 0.25) is 0 Å². The summed E-state index contributed by atoms with van der Waals surface area (Å²) in [4.78, 5) is 0. The predicted octanol–water partition coefficient (Wildman–Crippen LogP) is 2.16. The minimum atomic E-state index is 0.0868. The zero-order valence-electron chi connectivity index (χ0n) is 7.57. The SMILES string of the molecule is C[C@H]1CC(C)(C)C[C@@]1(C)N. The van der Waals surface area contributed by atoms with Crippen LogP contribution in [0.25, 0.3) is 0 Å². The van der Waals surface area contributed by atoms with Crippen molar-refractivity contribution in [1.82, 2.24) is 0 Å². The third-order valence-corrected chi connectivity index (χ3v) is 2.84. The molecule has 2 N–H and O–H groups in total. The Balaban J connectivity index is 2.71. The molecule has 0 aromatic heterocycles. The zero-order chi connectivity index (χ0) is 7.99. The maximum atomic E-state index is 6.10. The van der Waals surface area contributed by atoms with Crippen molar-refractivity contribution in [3.05, 3.63) is 0 Å². The molecule has 1 heteroatoms. The van der Waals surface area contributed by atoms with Crippen LogP contribution in [0.4, 0.5) is 0 Å². The second-order valence-electron chi connectivity index (χ2n) is 4.95. The van der Waals surface area contributed by atoms with E-state index in [1.807, 2.05) is 0 Å². The average Bonchev–Trinajstić information content (AvgIpc) is 1.73. The van der Waals surface area contributed by atoms with Crippen LogP contribution in [-0.4, -0.2) is 5.54 Å². The number of hydrogen-bond acceptors (Lipinski definition) is 1. The molecule has 1 saturated carbocycles. The molecule has 0 aromatic carbocycles. The van der Waals surface area contributed by atoms with Crippen molar-refractivity contribution in [1.29, 1.82) is 0 Å². The minimum Gasteiger partial charge on any atom is -0.325 e. The van der Waals surface area contributed by atoms with Crippen LogP contribution in [-0.2, 0) is 0 Å². The average molecular weight is 141 g/mol. The third kappa shape index (κ3) is 1.34. The Morgan fingerprint density at radius 3 is 1.90 bits per heavy atom.